The number of benzene rings is 2. The van der Waals surface area contributed by atoms with E-state index in [1.165, 1.54) is 24.3 Å². The molecule has 0 aliphatic carbocycles. The summed E-state index contributed by atoms with van der Waals surface area (Å²) in [7, 11) is 1.52. The average Bonchev–Trinajstić information content (AvgIpc) is 3.16. The number of methoxy groups -OCH3 is 1. The minimum absolute atomic E-state index is 0.347. The third kappa shape index (κ3) is 3.09. The van der Waals surface area contributed by atoms with Crippen LogP contribution in [0.15, 0.2) is 48.7 Å². The van der Waals surface area contributed by atoms with Crippen LogP contribution in [0.3, 0.4) is 0 Å². The minimum atomic E-state index is -0.372. The maximum Gasteiger partial charge on any atom is 0.158 e. The molecule has 146 valence electrons. The molecule has 0 spiro atoms. The number of anilines is 1. The van der Waals surface area contributed by atoms with Gasteiger partial charge in [-0.3, -0.25) is 10.1 Å². The van der Waals surface area contributed by atoms with Gasteiger partial charge in [0.2, 0.25) is 0 Å². The molecule has 0 saturated carbocycles. The van der Waals surface area contributed by atoms with Crippen molar-refractivity contribution in [2.45, 2.75) is 13.0 Å². The second-order valence-corrected chi connectivity index (χ2v) is 7.50. The van der Waals surface area contributed by atoms with Crippen molar-refractivity contribution in [3.8, 4) is 17.0 Å². The first kappa shape index (κ1) is 17.9. The summed E-state index contributed by atoms with van der Waals surface area (Å²) in [5, 5.41) is 9.18. The summed E-state index contributed by atoms with van der Waals surface area (Å²) in [5.41, 5.74) is 4.17. The number of fused-ring (bicyclic) bond motifs is 2. The predicted octanol–water partition coefficient (Wildman–Crippen LogP) is 4.99. The normalized spacial score (nSPS) is 13.6. The summed E-state index contributed by atoms with van der Waals surface area (Å²) in [5.74, 6) is 0.899. The zero-order valence-corrected chi connectivity index (χ0v) is 16.5. The quantitative estimate of drug-likeness (QED) is 0.519. The lowest BCUT2D eigenvalue weighted by Crippen LogP contribution is -2.30. The highest BCUT2D eigenvalue weighted by atomic mass is 35.5. The Labute approximate surface area is 172 Å². The van der Waals surface area contributed by atoms with Crippen molar-refractivity contribution in [2.75, 3.05) is 18.6 Å². The Hall–Kier alpha value is -3.12. The summed E-state index contributed by atoms with van der Waals surface area (Å²) >= 11 is 6.18. The smallest absolute Gasteiger partial charge is 0.158 e. The molecule has 0 saturated heterocycles. The number of nitrogens with zero attached hydrogens (tertiary/aromatic N) is 3. The van der Waals surface area contributed by atoms with Crippen LogP contribution >= 0.6 is 11.6 Å². The van der Waals surface area contributed by atoms with Gasteiger partial charge in [0.25, 0.3) is 0 Å². The van der Waals surface area contributed by atoms with Crippen LogP contribution in [0.25, 0.3) is 22.2 Å². The number of nitrogens with one attached hydrogen (secondary N) is 1. The third-order valence-electron chi connectivity index (χ3n) is 5.36. The highest BCUT2D eigenvalue weighted by molar-refractivity contribution is 6.30. The van der Waals surface area contributed by atoms with Gasteiger partial charge >= 0.3 is 0 Å². The van der Waals surface area contributed by atoms with Gasteiger partial charge in [0, 0.05) is 23.5 Å². The molecule has 29 heavy (non-hydrogen) atoms. The Kier molecular flexibility index (Phi) is 4.36. The van der Waals surface area contributed by atoms with E-state index in [1.807, 2.05) is 18.2 Å². The molecular formula is C22H18ClFN4O. The lowest BCUT2D eigenvalue weighted by molar-refractivity contribution is 0.413. The number of aromatic nitrogens is 3. The maximum atomic E-state index is 14.5. The highest BCUT2D eigenvalue weighted by Crippen LogP contribution is 2.35. The van der Waals surface area contributed by atoms with Crippen LogP contribution in [0.1, 0.15) is 11.1 Å². The molecule has 0 unspecified atom stereocenters. The number of hydrogen-bond donors (Lipinski definition) is 1. The molecule has 5 nitrogen and oxygen atoms in total. The fourth-order valence-electron chi connectivity index (χ4n) is 3.91. The van der Waals surface area contributed by atoms with Gasteiger partial charge in [-0.2, -0.15) is 5.10 Å². The number of H-pyrrole nitrogens is 1. The number of aromatic amines is 1. The van der Waals surface area contributed by atoms with Crippen LogP contribution in [-0.4, -0.2) is 28.8 Å². The van der Waals surface area contributed by atoms with Crippen LogP contribution in [0.4, 0.5) is 10.2 Å². The van der Waals surface area contributed by atoms with E-state index in [1.54, 1.807) is 18.3 Å². The van der Waals surface area contributed by atoms with Crippen LogP contribution in [0.2, 0.25) is 5.02 Å². The van der Waals surface area contributed by atoms with Gasteiger partial charge in [-0.25, -0.2) is 4.39 Å². The van der Waals surface area contributed by atoms with E-state index >= 15 is 0 Å². The van der Waals surface area contributed by atoms with Crippen molar-refractivity contribution < 1.29 is 9.13 Å². The Balaban J connectivity index is 1.58. The lowest BCUT2D eigenvalue weighted by atomic mass is 9.99. The van der Waals surface area contributed by atoms with Gasteiger partial charge < -0.3 is 9.64 Å². The molecule has 2 aromatic heterocycles. The van der Waals surface area contributed by atoms with Crippen molar-refractivity contribution >= 4 is 28.3 Å². The molecule has 1 N–H and O–H groups in total. The fourth-order valence-corrected chi connectivity index (χ4v) is 4.10. The monoisotopic (exact) mass is 408 g/mol. The Bertz CT molecular complexity index is 1220. The van der Waals surface area contributed by atoms with Gasteiger partial charge in [0.05, 0.1) is 30.1 Å². The topological polar surface area (TPSA) is 54.0 Å². The van der Waals surface area contributed by atoms with Crippen LogP contribution < -0.4 is 9.64 Å². The molecule has 4 aromatic rings. The van der Waals surface area contributed by atoms with Crippen molar-refractivity contribution in [1.82, 2.24) is 15.2 Å². The summed E-state index contributed by atoms with van der Waals surface area (Å²) in [6.07, 6.45) is 2.60. The first-order valence-electron chi connectivity index (χ1n) is 9.33. The van der Waals surface area contributed by atoms with Crippen molar-refractivity contribution in [3.63, 3.8) is 0 Å². The average molecular weight is 409 g/mol. The summed E-state index contributed by atoms with van der Waals surface area (Å²) in [6, 6.07) is 12.6. The highest BCUT2D eigenvalue weighted by Gasteiger charge is 2.22. The summed E-state index contributed by atoms with van der Waals surface area (Å²) in [6.45, 7) is 1.56. The van der Waals surface area contributed by atoms with Gasteiger partial charge in [0.1, 0.15) is 11.6 Å². The van der Waals surface area contributed by atoms with Gasteiger partial charge in [-0.1, -0.05) is 23.7 Å². The number of rotatable bonds is 3. The SMILES string of the molecule is COc1cccc(F)c1-c1cc2c(N3CCc4ccc(Cl)cc4C3)n[nH]c2cn1. The molecule has 0 radical (unpaired) electrons. The van der Waals surface area contributed by atoms with Crippen molar-refractivity contribution in [1.29, 1.82) is 0 Å². The molecule has 7 heteroatoms. The predicted molar refractivity (Wildman–Crippen MR) is 112 cm³/mol. The second kappa shape index (κ2) is 7.04. The van der Waals surface area contributed by atoms with Gasteiger partial charge in [-0.15, -0.1) is 0 Å². The number of ether oxygens (including phenoxy) is 1. The Morgan fingerprint density at radius 2 is 2.07 bits per heavy atom. The Morgan fingerprint density at radius 3 is 2.93 bits per heavy atom. The molecule has 0 amide bonds. The summed E-state index contributed by atoms with van der Waals surface area (Å²) in [4.78, 5) is 6.63. The van der Waals surface area contributed by atoms with Crippen molar-refractivity contribution in [3.05, 3.63) is 70.6 Å². The molecule has 1 aliphatic heterocycles. The minimum Gasteiger partial charge on any atom is -0.496 e. The second-order valence-electron chi connectivity index (χ2n) is 7.06. The van der Waals surface area contributed by atoms with E-state index in [2.05, 4.69) is 26.1 Å². The molecule has 2 aromatic carbocycles. The Morgan fingerprint density at radius 1 is 1.17 bits per heavy atom. The van der Waals surface area contributed by atoms with Crippen LogP contribution in [-0.2, 0) is 13.0 Å². The fraction of sp³-hybridized carbons (Fsp3) is 0.182. The third-order valence-corrected chi connectivity index (χ3v) is 5.59. The summed E-state index contributed by atoms with van der Waals surface area (Å²) < 4.78 is 19.9. The van der Waals surface area contributed by atoms with Gasteiger partial charge in [0.15, 0.2) is 5.82 Å². The number of pyridine rings is 1. The van der Waals surface area contributed by atoms with Crippen LogP contribution in [0.5, 0.6) is 5.75 Å². The molecule has 1 aliphatic rings. The number of halogens is 2. The first-order chi connectivity index (χ1) is 14.1. The molecular weight excluding hydrogens is 391 g/mol. The van der Waals surface area contributed by atoms with E-state index in [0.717, 1.165) is 41.3 Å². The molecule has 0 fully saturated rings. The van der Waals surface area contributed by atoms with E-state index in [4.69, 9.17) is 16.3 Å². The van der Waals surface area contributed by atoms with Gasteiger partial charge in [-0.05, 0) is 47.9 Å². The van der Waals surface area contributed by atoms with E-state index in [-0.39, 0.29) is 5.82 Å². The zero-order chi connectivity index (χ0) is 20.0. The first-order valence-corrected chi connectivity index (χ1v) is 9.71. The lowest BCUT2D eigenvalue weighted by Gasteiger charge is -2.29. The largest absolute Gasteiger partial charge is 0.496 e. The maximum absolute atomic E-state index is 14.5. The van der Waals surface area contributed by atoms with E-state index < -0.39 is 0 Å². The molecule has 3 heterocycles. The molecule has 0 bridgehead atoms. The van der Waals surface area contributed by atoms with Crippen molar-refractivity contribution in [2.24, 2.45) is 0 Å². The van der Waals surface area contributed by atoms with E-state index in [0.29, 0.717) is 17.0 Å². The standard InChI is InChI=1S/C22H18ClFN4O/c1-29-20-4-2-3-17(24)21(20)18-10-16-19(11-25-18)26-27-22(16)28-8-7-13-5-6-15(23)9-14(13)12-28/h2-6,9-11H,7-8,12H2,1H3,(H,26,27). The van der Waals surface area contributed by atoms with Crippen LogP contribution in [0, 0.1) is 5.82 Å². The number of hydrogen-bond acceptors (Lipinski definition) is 4. The zero-order valence-electron chi connectivity index (χ0n) is 15.7. The molecule has 0 atom stereocenters. The van der Waals surface area contributed by atoms with E-state index in [9.17, 15) is 4.39 Å². The molecule has 5 rings (SSSR count).